The number of halogens is 3. The van der Waals surface area contributed by atoms with Gasteiger partial charge in [0, 0.05) is 45.0 Å². The van der Waals surface area contributed by atoms with Crippen LogP contribution in [0.3, 0.4) is 0 Å². The highest BCUT2D eigenvalue weighted by Crippen LogP contribution is 2.63. The summed E-state index contributed by atoms with van der Waals surface area (Å²) in [6, 6.07) is 4.51. The molecular weight excluding hydrogens is 481 g/mol. The lowest BCUT2D eigenvalue weighted by Crippen LogP contribution is -2.46. The van der Waals surface area contributed by atoms with E-state index in [4.69, 9.17) is 32.1 Å². The van der Waals surface area contributed by atoms with Crippen LogP contribution in [0.2, 0.25) is 5.02 Å². The Kier molecular flexibility index (Phi) is 5.69. The van der Waals surface area contributed by atoms with Crippen molar-refractivity contribution in [1.29, 1.82) is 0 Å². The number of esters is 1. The van der Waals surface area contributed by atoms with E-state index in [-0.39, 0.29) is 24.1 Å². The number of carbonyl (C=O) groups excluding carboxylic acids is 2. The minimum absolute atomic E-state index is 0.0369. The normalized spacial score (nSPS) is 23.4. The molecule has 0 saturated heterocycles. The molecule has 3 rings (SSSR count). The summed E-state index contributed by atoms with van der Waals surface area (Å²) in [6.07, 6.45) is 3.69. The third-order valence-electron chi connectivity index (χ3n) is 5.27. The van der Waals surface area contributed by atoms with Crippen LogP contribution in [0.25, 0.3) is 0 Å². The number of aromatic nitrogens is 2. The minimum Gasteiger partial charge on any atom is -0.467 e. The van der Waals surface area contributed by atoms with E-state index in [0.29, 0.717) is 23.4 Å². The van der Waals surface area contributed by atoms with Crippen LogP contribution >= 0.6 is 39.1 Å². The van der Waals surface area contributed by atoms with Gasteiger partial charge < -0.3 is 10.1 Å². The topological polar surface area (TPSA) is 73.2 Å². The van der Waals surface area contributed by atoms with Gasteiger partial charge in [-0.05, 0) is 36.1 Å². The van der Waals surface area contributed by atoms with Crippen LogP contribution in [0, 0.1) is 5.41 Å². The molecule has 1 aromatic carbocycles. The molecule has 1 N–H and O–H groups in total. The van der Waals surface area contributed by atoms with Gasteiger partial charge in [0.15, 0.2) is 0 Å². The van der Waals surface area contributed by atoms with Crippen molar-refractivity contribution in [3.8, 4) is 0 Å². The molecule has 0 unspecified atom stereocenters. The highest BCUT2D eigenvalue weighted by molar-refractivity contribution is 9.10. The second-order valence-electron chi connectivity index (χ2n) is 7.06. The molecule has 1 aliphatic carbocycles. The Morgan fingerprint density at radius 3 is 2.97 bits per heavy atom. The van der Waals surface area contributed by atoms with E-state index in [1.807, 2.05) is 12.1 Å². The van der Waals surface area contributed by atoms with Gasteiger partial charge in [0.1, 0.15) is 6.04 Å². The number of hydrogen-bond acceptors (Lipinski definition) is 4. The number of nitrogens with zero attached hydrogens (tertiary/aromatic N) is 2. The maximum absolute atomic E-state index is 13.3. The number of aryl methyl sites for hydroxylation is 1. The number of benzene rings is 1. The van der Waals surface area contributed by atoms with Crippen LogP contribution < -0.4 is 5.32 Å². The van der Waals surface area contributed by atoms with E-state index >= 15 is 0 Å². The van der Waals surface area contributed by atoms with E-state index in [2.05, 4.69) is 26.3 Å². The van der Waals surface area contributed by atoms with E-state index in [9.17, 15) is 9.59 Å². The second-order valence-corrected chi connectivity index (χ2v) is 8.76. The number of hydrogen-bond donors (Lipinski definition) is 1. The van der Waals surface area contributed by atoms with E-state index < -0.39 is 24.4 Å². The fraction of sp³-hybridized carbons (Fsp3) is 0.450. The lowest BCUT2D eigenvalue weighted by molar-refractivity contribution is -0.145. The van der Waals surface area contributed by atoms with Gasteiger partial charge in [-0.2, -0.15) is 5.10 Å². The van der Waals surface area contributed by atoms with Gasteiger partial charge in [0.05, 0.1) is 18.7 Å². The zero-order valence-electron chi connectivity index (χ0n) is 18.6. The fourth-order valence-electron chi connectivity index (χ4n) is 3.65. The smallest absolute Gasteiger partial charge is 0.328 e. The lowest BCUT2D eigenvalue weighted by atomic mass is 9.94. The predicted octanol–water partition coefficient (Wildman–Crippen LogP) is 3.84. The number of amides is 1. The Labute approximate surface area is 192 Å². The number of nitrogens with one attached hydrogen (secondary N) is 1. The summed E-state index contributed by atoms with van der Waals surface area (Å²) in [7, 11) is 1.23. The molecule has 1 saturated carbocycles. The zero-order chi connectivity index (χ0) is 23.7. The van der Waals surface area contributed by atoms with Crippen LogP contribution in [0.4, 0.5) is 0 Å². The average Bonchev–Trinajstić information content (AvgIpc) is 3.22. The van der Waals surface area contributed by atoms with Gasteiger partial charge in [-0.25, -0.2) is 4.79 Å². The molecule has 3 atom stereocenters. The molecule has 1 amide bonds. The Morgan fingerprint density at radius 1 is 1.55 bits per heavy atom. The Morgan fingerprint density at radius 2 is 2.34 bits per heavy atom. The van der Waals surface area contributed by atoms with Crippen molar-refractivity contribution in [2.24, 2.45) is 12.4 Å². The molecule has 0 spiro atoms. The molecule has 1 aliphatic rings. The lowest BCUT2D eigenvalue weighted by Gasteiger charge is -2.21. The van der Waals surface area contributed by atoms with Crippen molar-refractivity contribution < 1.29 is 18.4 Å². The van der Waals surface area contributed by atoms with Crippen LogP contribution in [0.5, 0.6) is 0 Å². The van der Waals surface area contributed by atoms with E-state index in [1.165, 1.54) is 19.5 Å². The molecule has 9 heteroatoms. The molecule has 156 valence electrons. The summed E-state index contributed by atoms with van der Waals surface area (Å²) >= 11 is 15.8. The Hall–Kier alpha value is -1.57. The molecule has 0 aliphatic heterocycles. The van der Waals surface area contributed by atoms with Gasteiger partial charge >= 0.3 is 5.97 Å². The summed E-state index contributed by atoms with van der Waals surface area (Å²) in [5.41, 5.74) is 0.546. The van der Waals surface area contributed by atoms with Crippen LogP contribution in [-0.4, -0.2) is 40.7 Å². The van der Waals surface area contributed by atoms with E-state index in [0.717, 1.165) is 14.7 Å². The molecule has 0 radical (unpaired) electrons. The second kappa shape index (κ2) is 9.06. The van der Waals surface area contributed by atoms with Crippen LogP contribution in [-0.2, 0) is 27.7 Å². The first-order chi connectivity index (χ1) is 15.0. The molecule has 1 fully saturated rings. The third kappa shape index (κ3) is 4.78. The highest BCUT2D eigenvalue weighted by atomic mass is 79.9. The standard InChI is InChI=1S/C20H22BrCl2N3O3/c1-26-11-12(10-24-26)7-17(18(27)29-2)25-19(28)20(5-6-22)9-15(20)14-4-3-13(21)8-16(14)23/h3-4,8,10-11,15,17H,5-7,9H2,1-2H3,(H,25,28)/t15-,17-,20+/m1/s1/i1D3. The zero-order valence-corrected chi connectivity index (χ0v) is 18.7. The molecular formula is C20H22BrCl2N3O3. The number of carbonyl (C=O) groups is 2. The van der Waals surface area contributed by atoms with Crippen molar-refractivity contribution >= 4 is 51.0 Å². The summed E-state index contributed by atoms with van der Waals surface area (Å²) < 4.78 is 28.8. The molecule has 2 aromatic rings. The third-order valence-corrected chi connectivity index (χ3v) is 6.28. The number of methoxy groups -OCH3 is 1. The SMILES string of the molecule is [2H]C([2H])([2H])n1cc(C[C@@H](NC(=O)[C@@]2(CCCl)C[C@@H]2c2ccc(Br)cc2Cl)C(=O)OC)cn1. The van der Waals surface area contributed by atoms with Gasteiger partial charge in [-0.1, -0.05) is 33.6 Å². The van der Waals surface area contributed by atoms with Crippen molar-refractivity contribution in [1.82, 2.24) is 15.1 Å². The van der Waals surface area contributed by atoms with Crippen molar-refractivity contribution in [3.05, 3.63) is 51.2 Å². The van der Waals surface area contributed by atoms with Crippen molar-refractivity contribution in [2.45, 2.75) is 31.2 Å². The Balaban J connectivity index is 1.80. The first-order valence-electron chi connectivity index (χ1n) is 10.5. The molecule has 1 aromatic heterocycles. The first-order valence-corrected chi connectivity index (χ1v) is 10.7. The van der Waals surface area contributed by atoms with Crippen LogP contribution in [0.1, 0.15) is 34.0 Å². The predicted molar refractivity (Wildman–Crippen MR) is 115 cm³/mol. The number of ether oxygens (including phenoxy) is 1. The summed E-state index contributed by atoms with van der Waals surface area (Å²) in [5, 5.41) is 7.15. The van der Waals surface area contributed by atoms with Gasteiger partial charge in [-0.15, -0.1) is 11.6 Å². The summed E-state index contributed by atoms with van der Waals surface area (Å²) in [5.74, 6) is -0.814. The quantitative estimate of drug-likeness (QED) is 0.437. The first kappa shape index (κ1) is 18.2. The summed E-state index contributed by atoms with van der Waals surface area (Å²) in [4.78, 5) is 25.7. The Bertz CT molecular complexity index is 1020. The number of rotatable bonds is 8. The fourth-order valence-corrected chi connectivity index (χ4v) is 4.79. The monoisotopic (exact) mass is 504 g/mol. The highest BCUT2D eigenvalue weighted by Gasteiger charge is 2.60. The maximum atomic E-state index is 13.3. The maximum Gasteiger partial charge on any atom is 0.328 e. The van der Waals surface area contributed by atoms with E-state index in [1.54, 1.807) is 6.07 Å². The van der Waals surface area contributed by atoms with Crippen LogP contribution in [0.15, 0.2) is 35.1 Å². The van der Waals surface area contributed by atoms with Gasteiger partial charge in [0.25, 0.3) is 0 Å². The minimum atomic E-state index is -2.43. The van der Waals surface area contributed by atoms with Gasteiger partial charge in [-0.3, -0.25) is 9.48 Å². The molecule has 1 heterocycles. The average molecular weight is 506 g/mol. The molecule has 6 nitrogen and oxygen atoms in total. The molecule has 29 heavy (non-hydrogen) atoms. The largest absolute Gasteiger partial charge is 0.467 e. The molecule has 0 bridgehead atoms. The number of alkyl halides is 1. The van der Waals surface area contributed by atoms with Crippen molar-refractivity contribution in [3.63, 3.8) is 0 Å². The van der Waals surface area contributed by atoms with Gasteiger partial charge in [0.2, 0.25) is 5.91 Å². The summed E-state index contributed by atoms with van der Waals surface area (Å²) in [6.45, 7) is -2.43. The van der Waals surface area contributed by atoms with Crippen molar-refractivity contribution in [2.75, 3.05) is 13.0 Å².